The van der Waals surface area contributed by atoms with Crippen molar-refractivity contribution in [3.63, 3.8) is 0 Å². The first-order chi connectivity index (χ1) is 35.0. The van der Waals surface area contributed by atoms with E-state index in [9.17, 15) is 61.0 Å². The van der Waals surface area contributed by atoms with Crippen LogP contribution in [0.3, 0.4) is 0 Å². The maximum absolute atomic E-state index is 15.3. The highest BCUT2D eigenvalue weighted by atomic mass is 16.8. The van der Waals surface area contributed by atoms with Crippen molar-refractivity contribution in [3.05, 3.63) is 11.6 Å². The summed E-state index contributed by atoms with van der Waals surface area (Å²) in [6.45, 7) is 16.2. The summed E-state index contributed by atoms with van der Waals surface area (Å²) in [5, 5.41) is 120. The molecule has 11 N–H and O–H groups in total. The van der Waals surface area contributed by atoms with E-state index in [1.807, 2.05) is 0 Å². The predicted molar refractivity (Wildman–Crippen MR) is 256 cm³/mol. The van der Waals surface area contributed by atoms with Crippen molar-refractivity contribution in [2.24, 2.45) is 50.2 Å². The Morgan fingerprint density at radius 1 is 0.613 bits per heavy atom. The van der Waals surface area contributed by atoms with Gasteiger partial charge in [0.15, 0.2) is 31.1 Å². The fourth-order valence-corrected chi connectivity index (χ4v) is 16.1. The van der Waals surface area contributed by atoms with E-state index in [2.05, 4.69) is 54.5 Å². The molecule has 22 nitrogen and oxygen atoms in total. The largest absolute Gasteiger partial charge is 0.467 e. The van der Waals surface area contributed by atoms with Crippen LogP contribution in [0, 0.1) is 50.2 Å². The Morgan fingerprint density at radius 2 is 1.23 bits per heavy atom. The molecule has 22 heteroatoms. The summed E-state index contributed by atoms with van der Waals surface area (Å²) in [6, 6.07) is 0. The lowest BCUT2D eigenvalue weighted by Crippen LogP contribution is -2.68. The standard InChI is InChI=1S/C53H84O22/c1-22-39(72-43-36(62)31(57)25(54)20-68-43)35(61)38(64)44(70-22)74-41-32(58)26(55)21-69-46(41)75-47(66)53-17-16-48(2,3)18-24(53)23-10-11-28-50(6)14-13-30(71-45-37(63)33(59)34(60)40(73-45)42(65)67-9)49(4,5)27(50)12-15-51(28,7)52(23,8)19-29(53)56/h10,22,24-41,43-46,54-64H,11-21H2,1-9H3/t22?,24-,25?,26?,27-,28+,29+,30-,31?,32?,33?,34?,35?,36?,37?,38?,39?,40?,41?,43?,44?,45?,46?,50-,51+,52+,53+/m0/s1. The van der Waals surface area contributed by atoms with Gasteiger partial charge in [-0.2, -0.15) is 0 Å². The highest BCUT2D eigenvalue weighted by Crippen LogP contribution is 2.76. The number of hydrogen-bond donors (Lipinski definition) is 11. The Balaban J connectivity index is 0.942. The first-order valence-electron chi connectivity index (χ1n) is 27.0. The molecule has 75 heavy (non-hydrogen) atoms. The van der Waals surface area contributed by atoms with Crippen molar-refractivity contribution in [1.82, 2.24) is 0 Å². The number of fused-ring (bicyclic) bond motifs is 7. The predicted octanol–water partition coefficient (Wildman–Crippen LogP) is -0.578. The van der Waals surface area contributed by atoms with Crippen molar-refractivity contribution in [2.45, 2.75) is 236 Å². The Labute approximate surface area is 437 Å². The average Bonchev–Trinajstić information content (AvgIpc) is 3.38. The van der Waals surface area contributed by atoms with Crippen LogP contribution >= 0.6 is 0 Å². The maximum atomic E-state index is 15.3. The van der Waals surface area contributed by atoms with Crippen LogP contribution in [0.4, 0.5) is 0 Å². The molecule has 4 saturated carbocycles. The van der Waals surface area contributed by atoms with Gasteiger partial charge in [0, 0.05) is 0 Å². The SMILES string of the molecule is COC(=O)C1OC(O[C@H]2CC[C@]3(C)[C@H]4CC=C5[C@@H]6CC(C)(C)CC[C@]6(C(=O)OC6OCC(O)C(O)C6OC6OC(C)C(OC7OCC(O)C(O)C7O)C(O)C6O)[C@H](O)C[C@@]5(C)[C@]4(C)CC[C@H]3C2(C)C)C(O)C(O)C1O. The highest BCUT2D eigenvalue weighted by molar-refractivity contribution is 5.80. The maximum Gasteiger partial charge on any atom is 0.337 e. The lowest BCUT2D eigenvalue weighted by molar-refractivity contribution is -0.369. The molecule has 5 aliphatic carbocycles. The first kappa shape index (κ1) is 57.6. The Bertz CT molecular complexity index is 2130. The number of esters is 2. The number of carbonyl (C=O) groups excluding carboxylic acids is 2. The molecule has 0 aromatic carbocycles. The van der Waals surface area contributed by atoms with Gasteiger partial charge in [0.1, 0.15) is 72.6 Å². The van der Waals surface area contributed by atoms with Crippen LogP contribution in [-0.4, -0.2) is 211 Å². The molecule has 0 spiro atoms. The first-order valence-corrected chi connectivity index (χ1v) is 27.0. The van der Waals surface area contributed by atoms with Gasteiger partial charge in [0.25, 0.3) is 0 Å². The molecule has 18 unspecified atom stereocenters. The van der Waals surface area contributed by atoms with Gasteiger partial charge in [0.05, 0.1) is 38.6 Å². The van der Waals surface area contributed by atoms with E-state index < -0.39 is 164 Å². The van der Waals surface area contributed by atoms with Crippen molar-refractivity contribution in [1.29, 1.82) is 0 Å². The quantitative estimate of drug-likeness (QED) is 0.0782. The minimum Gasteiger partial charge on any atom is -0.467 e. The van der Waals surface area contributed by atoms with E-state index >= 15 is 4.79 Å². The zero-order chi connectivity index (χ0) is 54.9. The van der Waals surface area contributed by atoms with Gasteiger partial charge < -0.3 is 98.8 Å². The van der Waals surface area contributed by atoms with Gasteiger partial charge >= 0.3 is 11.9 Å². The molecule has 0 aromatic rings. The summed E-state index contributed by atoms with van der Waals surface area (Å²) >= 11 is 0. The van der Waals surface area contributed by atoms with Crippen LogP contribution in [0.15, 0.2) is 11.6 Å². The van der Waals surface area contributed by atoms with Crippen LogP contribution in [0.1, 0.15) is 113 Å². The Hall–Kier alpha value is -2.04. The number of allylic oxidation sites excluding steroid dienone is 2. The average molecular weight is 1070 g/mol. The Kier molecular flexibility index (Phi) is 15.8. The fourth-order valence-electron chi connectivity index (χ4n) is 16.1. The molecule has 0 radical (unpaired) electrons. The monoisotopic (exact) mass is 1070 g/mol. The summed E-state index contributed by atoms with van der Waals surface area (Å²) < 4.78 is 52.3. The molecule has 0 bridgehead atoms. The van der Waals surface area contributed by atoms with E-state index in [-0.39, 0.29) is 47.5 Å². The van der Waals surface area contributed by atoms with Crippen molar-refractivity contribution < 1.29 is 108 Å². The molecule has 428 valence electrons. The van der Waals surface area contributed by atoms with Gasteiger partial charge in [-0.25, -0.2) is 4.79 Å². The minimum absolute atomic E-state index is 0.112. The normalized spacial score (nSPS) is 53.4. The molecule has 4 heterocycles. The second kappa shape index (κ2) is 20.5. The molecular formula is C53H84O22. The molecule has 9 rings (SSSR count). The van der Waals surface area contributed by atoms with Crippen molar-refractivity contribution in [3.8, 4) is 0 Å². The topological polar surface area (TPSA) is 340 Å². The third-order valence-corrected chi connectivity index (χ3v) is 20.8. The molecule has 4 aliphatic heterocycles. The smallest absolute Gasteiger partial charge is 0.337 e. The Morgan fingerprint density at radius 3 is 1.91 bits per heavy atom. The summed E-state index contributed by atoms with van der Waals surface area (Å²) in [5.74, 6) is -1.88. The van der Waals surface area contributed by atoms with Gasteiger partial charge in [0.2, 0.25) is 6.29 Å². The molecule has 9 aliphatic rings. The van der Waals surface area contributed by atoms with Crippen molar-refractivity contribution >= 4 is 11.9 Å². The lowest BCUT2D eigenvalue weighted by Gasteiger charge is -2.71. The van der Waals surface area contributed by atoms with Gasteiger partial charge in [-0.15, -0.1) is 0 Å². The van der Waals surface area contributed by atoms with E-state index in [0.29, 0.717) is 25.7 Å². The second-order valence-corrected chi connectivity index (χ2v) is 25.7. The third-order valence-electron chi connectivity index (χ3n) is 20.8. The number of ether oxygens (including phenoxy) is 9. The summed E-state index contributed by atoms with van der Waals surface area (Å²) in [6.07, 6.45) is -22.6. The molecule has 0 amide bonds. The van der Waals surface area contributed by atoms with Gasteiger partial charge in [-0.05, 0) is 110 Å². The zero-order valence-corrected chi connectivity index (χ0v) is 44.5. The third kappa shape index (κ3) is 9.27. The number of aliphatic hydroxyl groups is 11. The van der Waals surface area contributed by atoms with E-state index in [0.717, 1.165) is 31.9 Å². The summed E-state index contributed by atoms with van der Waals surface area (Å²) in [4.78, 5) is 27.8. The second-order valence-electron chi connectivity index (χ2n) is 25.7. The van der Waals surface area contributed by atoms with Crippen LogP contribution in [-0.2, 0) is 52.2 Å². The number of carbonyl (C=O) groups is 2. The van der Waals surface area contributed by atoms with Gasteiger partial charge in [-0.3, -0.25) is 4.79 Å². The highest BCUT2D eigenvalue weighted by Gasteiger charge is 2.72. The van der Waals surface area contributed by atoms with Crippen LogP contribution in [0.25, 0.3) is 0 Å². The van der Waals surface area contributed by atoms with Crippen LogP contribution < -0.4 is 0 Å². The molecule has 4 saturated heterocycles. The molecular weight excluding hydrogens is 989 g/mol. The summed E-state index contributed by atoms with van der Waals surface area (Å²) in [7, 11) is 1.14. The molecule has 8 fully saturated rings. The fraction of sp³-hybridized carbons (Fsp3) is 0.925. The number of hydrogen-bond acceptors (Lipinski definition) is 22. The van der Waals surface area contributed by atoms with Gasteiger partial charge in [-0.1, -0.05) is 60.1 Å². The molecule has 27 atom stereocenters. The zero-order valence-electron chi connectivity index (χ0n) is 44.5. The minimum atomic E-state index is -1.87. The summed E-state index contributed by atoms with van der Waals surface area (Å²) in [5.41, 5.74) is -2.25. The van der Waals surface area contributed by atoms with Crippen LogP contribution in [0.5, 0.6) is 0 Å². The lowest BCUT2D eigenvalue weighted by atomic mass is 9.33. The van der Waals surface area contributed by atoms with E-state index in [4.69, 9.17) is 42.6 Å². The number of methoxy groups -OCH3 is 1. The number of rotatable bonds is 9. The van der Waals surface area contributed by atoms with E-state index in [1.54, 1.807) is 0 Å². The molecule has 0 aromatic heterocycles. The van der Waals surface area contributed by atoms with Crippen LogP contribution in [0.2, 0.25) is 0 Å². The number of aliphatic hydroxyl groups excluding tert-OH is 11. The van der Waals surface area contributed by atoms with Crippen molar-refractivity contribution in [2.75, 3.05) is 20.3 Å². The van der Waals surface area contributed by atoms with E-state index in [1.165, 1.54) is 6.92 Å².